The van der Waals surface area contributed by atoms with Gasteiger partial charge in [-0.1, -0.05) is 57.9 Å². The zero-order chi connectivity index (χ0) is 21.7. The van der Waals surface area contributed by atoms with Crippen molar-refractivity contribution >= 4 is 0 Å². The van der Waals surface area contributed by atoms with Crippen LogP contribution in [0.15, 0.2) is 23.3 Å². The van der Waals surface area contributed by atoms with E-state index < -0.39 is 0 Å². The van der Waals surface area contributed by atoms with E-state index in [9.17, 15) is 5.11 Å². The maximum atomic E-state index is 10.2. The molecule has 1 heteroatoms. The third-order valence-electron chi connectivity index (χ3n) is 10.8. The fourth-order valence-corrected chi connectivity index (χ4v) is 8.98. The molecular weight excluding hydrogens is 365 g/mol. The summed E-state index contributed by atoms with van der Waals surface area (Å²) in [5.41, 5.74) is 4.21. The van der Waals surface area contributed by atoms with E-state index in [4.69, 9.17) is 0 Å². The summed E-state index contributed by atoms with van der Waals surface area (Å²) in [7, 11) is 0. The second-order valence-electron chi connectivity index (χ2n) is 12.4. The molecule has 1 nitrogen and oxygen atoms in total. The maximum Gasteiger partial charge on any atom is 0.0577 e. The Bertz CT molecular complexity index is 686. The van der Waals surface area contributed by atoms with Crippen molar-refractivity contribution in [2.24, 2.45) is 46.3 Å². The summed E-state index contributed by atoms with van der Waals surface area (Å²) in [5.74, 6) is 5.15. The van der Waals surface area contributed by atoms with Gasteiger partial charge in [-0.2, -0.15) is 0 Å². The number of aliphatic hydroxyl groups excluding tert-OH is 1. The second kappa shape index (κ2) is 8.42. The first-order chi connectivity index (χ1) is 14.2. The zero-order valence-electron chi connectivity index (χ0n) is 20.7. The van der Waals surface area contributed by atoms with Crippen molar-refractivity contribution in [3.63, 3.8) is 0 Å². The highest BCUT2D eigenvalue weighted by molar-refractivity contribution is 5.25. The minimum atomic E-state index is -0.0839. The topological polar surface area (TPSA) is 20.2 Å². The van der Waals surface area contributed by atoms with E-state index in [2.05, 4.69) is 53.7 Å². The Morgan fingerprint density at radius 3 is 2.57 bits per heavy atom. The molecule has 3 fully saturated rings. The summed E-state index contributed by atoms with van der Waals surface area (Å²) in [5, 5.41) is 10.2. The molecule has 0 saturated heterocycles. The van der Waals surface area contributed by atoms with Gasteiger partial charge in [-0.05, 0) is 117 Å². The van der Waals surface area contributed by atoms with Crippen molar-refractivity contribution in [2.45, 2.75) is 112 Å². The molecule has 0 heterocycles. The van der Waals surface area contributed by atoms with Crippen LogP contribution in [0.4, 0.5) is 0 Å². The number of hydrogen-bond acceptors (Lipinski definition) is 1. The van der Waals surface area contributed by atoms with Crippen LogP contribution >= 0.6 is 0 Å². The molecule has 4 rings (SSSR count). The first kappa shape index (κ1) is 22.6. The van der Waals surface area contributed by atoms with Crippen LogP contribution < -0.4 is 0 Å². The van der Waals surface area contributed by atoms with E-state index in [1.54, 1.807) is 11.1 Å². The second-order valence-corrected chi connectivity index (χ2v) is 12.4. The molecule has 0 aromatic heterocycles. The summed E-state index contributed by atoms with van der Waals surface area (Å²) < 4.78 is 0. The van der Waals surface area contributed by atoms with E-state index in [1.165, 1.54) is 51.4 Å². The highest BCUT2D eigenvalue weighted by atomic mass is 16.3. The van der Waals surface area contributed by atoms with Gasteiger partial charge in [-0.25, -0.2) is 0 Å². The van der Waals surface area contributed by atoms with E-state index in [0.717, 1.165) is 42.4 Å². The van der Waals surface area contributed by atoms with Gasteiger partial charge in [0.25, 0.3) is 0 Å². The van der Waals surface area contributed by atoms with Gasteiger partial charge in [0.05, 0.1) is 6.10 Å². The molecular formula is C29H48O. The van der Waals surface area contributed by atoms with E-state index in [1.807, 2.05) is 0 Å². The minimum absolute atomic E-state index is 0.0839. The Labute approximate surface area is 186 Å². The van der Waals surface area contributed by atoms with Crippen LogP contribution in [0.5, 0.6) is 0 Å². The van der Waals surface area contributed by atoms with Gasteiger partial charge in [0, 0.05) is 0 Å². The number of allylic oxidation sites excluding steroid dienone is 3. The lowest BCUT2D eigenvalue weighted by Gasteiger charge is -2.58. The van der Waals surface area contributed by atoms with Crippen LogP contribution in [0.2, 0.25) is 0 Å². The van der Waals surface area contributed by atoms with Crippen LogP contribution in [-0.2, 0) is 0 Å². The molecule has 8 atom stereocenters. The minimum Gasteiger partial charge on any atom is -0.393 e. The van der Waals surface area contributed by atoms with Crippen molar-refractivity contribution in [1.29, 1.82) is 0 Å². The quantitative estimate of drug-likeness (QED) is 0.358. The smallest absolute Gasteiger partial charge is 0.0577 e. The summed E-state index contributed by atoms with van der Waals surface area (Å²) >= 11 is 0. The molecule has 1 N–H and O–H groups in total. The largest absolute Gasteiger partial charge is 0.393 e. The molecule has 0 amide bonds. The molecule has 30 heavy (non-hydrogen) atoms. The lowest BCUT2D eigenvalue weighted by Crippen LogP contribution is -2.50. The maximum absolute atomic E-state index is 10.2. The van der Waals surface area contributed by atoms with Crippen molar-refractivity contribution in [2.75, 3.05) is 0 Å². The van der Waals surface area contributed by atoms with Crippen molar-refractivity contribution < 1.29 is 5.11 Å². The highest BCUT2D eigenvalue weighted by Gasteiger charge is 2.59. The Balaban J connectivity index is 1.49. The van der Waals surface area contributed by atoms with Gasteiger partial charge < -0.3 is 5.11 Å². The Morgan fingerprint density at radius 1 is 1.10 bits per heavy atom. The van der Waals surface area contributed by atoms with Crippen LogP contribution in [0, 0.1) is 46.3 Å². The molecule has 0 radical (unpaired) electrons. The van der Waals surface area contributed by atoms with Gasteiger partial charge in [0.15, 0.2) is 0 Å². The van der Waals surface area contributed by atoms with Crippen molar-refractivity contribution in [1.82, 2.24) is 0 Å². The first-order valence-corrected chi connectivity index (χ1v) is 13.2. The standard InChI is InChI=1S/C29H48O/c1-7-21(19(2)3)9-8-20(4)25-12-13-26-24-11-10-22-18-23(30)14-16-28(22,5)27(24)15-17-29(25,26)6/h7,10,19-20,23-27,30H,8-9,11-18H2,1-6H3/b21-7-/t20-,23+,24+,25-,26+,27+,28+,29-/m1/s1/i7+1. The Hall–Kier alpha value is -0.560. The first-order valence-electron chi connectivity index (χ1n) is 13.2. The number of rotatable bonds is 5. The lowest BCUT2D eigenvalue weighted by atomic mass is 9.47. The van der Waals surface area contributed by atoms with E-state index in [0.29, 0.717) is 16.7 Å². The molecule has 4 aliphatic carbocycles. The normalized spacial score (nSPS) is 44.9. The van der Waals surface area contributed by atoms with Crippen LogP contribution in [0.3, 0.4) is 0 Å². The zero-order valence-corrected chi connectivity index (χ0v) is 20.7. The van der Waals surface area contributed by atoms with Gasteiger partial charge in [0.2, 0.25) is 0 Å². The predicted molar refractivity (Wildman–Crippen MR) is 128 cm³/mol. The van der Waals surface area contributed by atoms with Gasteiger partial charge in [-0.3, -0.25) is 0 Å². The third-order valence-corrected chi connectivity index (χ3v) is 10.8. The Kier molecular flexibility index (Phi) is 6.35. The molecule has 0 aliphatic heterocycles. The molecule has 0 aromatic rings. The van der Waals surface area contributed by atoms with Crippen LogP contribution in [0.25, 0.3) is 0 Å². The molecule has 170 valence electrons. The third kappa shape index (κ3) is 3.66. The summed E-state index contributed by atoms with van der Waals surface area (Å²) in [6.45, 7) is 14.7. The molecule has 3 saturated carbocycles. The van der Waals surface area contributed by atoms with Crippen LogP contribution in [-0.4, -0.2) is 11.2 Å². The molecule has 4 aliphatic rings. The summed E-state index contributed by atoms with van der Waals surface area (Å²) in [4.78, 5) is 0. The van der Waals surface area contributed by atoms with Crippen molar-refractivity contribution in [3.8, 4) is 0 Å². The summed E-state index contributed by atoms with van der Waals surface area (Å²) in [6.07, 6.45) is 17.8. The van der Waals surface area contributed by atoms with Crippen LogP contribution in [0.1, 0.15) is 106 Å². The molecule has 0 unspecified atom stereocenters. The lowest BCUT2D eigenvalue weighted by molar-refractivity contribution is -0.0571. The average Bonchev–Trinajstić information content (AvgIpc) is 3.06. The average molecular weight is 414 g/mol. The SMILES string of the molecule is C/[13CH]=C(/CC[C@@H](C)[C@H]1CC[C@H]2[C@@H]3CC=C4C[C@@H](O)CC[C@]4(C)[C@H]3CC[C@]12C)C(C)C. The van der Waals surface area contributed by atoms with Gasteiger partial charge >= 0.3 is 0 Å². The fraction of sp³-hybridized carbons (Fsp3) is 0.862. The molecule has 0 aromatic carbocycles. The Morgan fingerprint density at radius 2 is 1.87 bits per heavy atom. The number of aliphatic hydroxyl groups is 1. The van der Waals surface area contributed by atoms with E-state index >= 15 is 0 Å². The number of hydrogen-bond donors (Lipinski definition) is 1. The monoisotopic (exact) mass is 413 g/mol. The molecule has 0 spiro atoms. The number of fused-ring (bicyclic) bond motifs is 5. The highest BCUT2D eigenvalue weighted by Crippen LogP contribution is 2.67. The van der Waals surface area contributed by atoms with E-state index in [-0.39, 0.29) is 6.10 Å². The predicted octanol–water partition coefficient (Wildman–Crippen LogP) is 7.94. The summed E-state index contributed by atoms with van der Waals surface area (Å²) in [6, 6.07) is 0. The molecule has 0 bridgehead atoms. The van der Waals surface area contributed by atoms with Gasteiger partial charge in [0.1, 0.15) is 0 Å². The van der Waals surface area contributed by atoms with Crippen molar-refractivity contribution in [3.05, 3.63) is 23.3 Å². The fourth-order valence-electron chi connectivity index (χ4n) is 8.98. The van der Waals surface area contributed by atoms with Gasteiger partial charge in [-0.15, -0.1) is 0 Å².